The van der Waals surface area contributed by atoms with Crippen molar-refractivity contribution >= 4 is 11.7 Å². The molecule has 6 rings (SSSR count). The van der Waals surface area contributed by atoms with Crippen LogP contribution in [0.5, 0.6) is 0 Å². The zero-order valence-corrected chi connectivity index (χ0v) is 23.7. The summed E-state index contributed by atoms with van der Waals surface area (Å²) in [4.78, 5) is 0. The number of fused-ring (bicyclic) bond motifs is 6. The van der Waals surface area contributed by atoms with Crippen LogP contribution in [0.4, 0.5) is 96.6 Å². The summed E-state index contributed by atoms with van der Waals surface area (Å²) in [5, 5.41) is 0. The van der Waals surface area contributed by atoms with Gasteiger partial charge in [-0.15, -0.1) is 0 Å². The quantitative estimate of drug-likeness (QED) is 0.0865. The lowest BCUT2D eigenvalue weighted by Crippen LogP contribution is -2.19. The molecule has 0 radical (unpaired) electrons. The van der Waals surface area contributed by atoms with Crippen LogP contribution in [0.1, 0.15) is 33.4 Å². The highest BCUT2D eigenvalue weighted by Crippen LogP contribution is 2.59. The molecule has 23 heteroatoms. The summed E-state index contributed by atoms with van der Waals surface area (Å²) < 4.78 is 325. The van der Waals surface area contributed by atoms with E-state index in [0.717, 1.165) is 0 Å². The van der Waals surface area contributed by atoms with Gasteiger partial charge in [0.2, 0.25) is 11.7 Å². The smallest absolute Gasteiger partial charge is 0.317 e. The van der Waals surface area contributed by atoms with Gasteiger partial charge < -0.3 is 4.74 Å². The van der Waals surface area contributed by atoms with Gasteiger partial charge in [0.05, 0.1) is 33.4 Å². The molecule has 0 spiro atoms. The third-order valence-electron chi connectivity index (χ3n) is 7.90. The summed E-state index contributed by atoms with van der Waals surface area (Å²) in [5.41, 5.74) is -27.3. The highest BCUT2D eigenvalue weighted by Gasteiger charge is 2.57. The van der Waals surface area contributed by atoms with Crippen molar-refractivity contribution in [2.24, 2.45) is 0 Å². The Morgan fingerprint density at radius 2 is 0.528 bits per heavy atom. The monoisotopic (exact) mass is 794 g/mol. The largest absolute Gasteiger partial charge is 0.400 e. The predicted molar refractivity (Wildman–Crippen MR) is 129 cm³/mol. The maximum absolute atomic E-state index is 15.3. The van der Waals surface area contributed by atoms with Crippen LogP contribution in [0.2, 0.25) is 0 Å². The minimum Gasteiger partial charge on any atom is -0.400 e. The first kappa shape index (κ1) is 37.4. The first-order valence-corrected chi connectivity index (χ1v) is 13.1. The average molecular weight is 794 g/mol. The summed E-state index contributed by atoms with van der Waals surface area (Å²) in [6.45, 7) is 0. The standard InChI is InChI=1S/C30F22O/c31-11-1-3-9(19(39)25(45)23(43)13(3)33)29(49,50)7(1)5(15(35)21(11)41)17(37)27(47)53-28(48)18(38)6-8-2(12(32)22(42)16(6)36)4-10(30(8,51)52)20(40)26(46)24(44)14(4)34. The van der Waals surface area contributed by atoms with E-state index in [1.165, 1.54) is 0 Å². The SMILES string of the molecule is FC(OC(F)=C(F)c1c(F)c(F)c(F)c2c1C(F)(F)c1c(F)c(F)c(F)c(F)c1-2)=C(F)c1c(F)c(F)c(F)c2c1C(F)(F)c1c(F)c(F)c(F)c(F)c1-2. The van der Waals surface area contributed by atoms with E-state index < -0.39 is 173 Å². The Balaban J connectivity index is 1.58. The van der Waals surface area contributed by atoms with Gasteiger partial charge in [0, 0.05) is 22.3 Å². The van der Waals surface area contributed by atoms with E-state index in [4.69, 9.17) is 0 Å². The highest BCUT2D eigenvalue weighted by atomic mass is 19.3. The van der Waals surface area contributed by atoms with Crippen molar-refractivity contribution in [3.05, 3.63) is 127 Å². The molecule has 0 bridgehead atoms. The van der Waals surface area contributed by atoms with Gasteiger partial charge in [-0.25, -0.2) is 61.5 Å². The van der Waals surface area contributed by atoms with Crippen LogP contribution in [0.3, 0.4) is 0 Å². The second kappa shape index (κ2) is 11.6. The van der Waals surface area contributed by atoms with Crippen molar-refractivity contribution in [3.8, 4) is 22.3 Å². The molecule has 0 fully saturated rings. The molecule has 4 aromatic rings. The first-order valence-electron chi connectivity index (χ1n) is 13.1. The number of alkyl halides is 4. The molecule has 0 amide bonds. The zero-order valence-electron chi connectivity index (χ0n) is 23.7. The molecule has 1 nitrogen and oxygen atoms in total. The zero-order chi connectivity index (χ0) is 39.9. The van der Waals surface area contributed by atoms with Gasteiger partial charge in [-0.2, -0.15) is 35.1 Å². The Bertz CT molecular complexity index is 2290. The molecule has 2 aliphatic rings. The Hall–Kier alpha value is -5.38. The maximum Gasteiger partial charge on any atom is 0.317 e. The van der Waals surface area contributed by atoms with Crippen molar-refractivity contribution in [2.75, 3.05) is 0 Å². The second-order valence-corrected chi connectivity index (χ2v) is 10.6. The van der Waals surface area contributed by atoms with Crippen LogP contribution in [0.25, 0.3) is 33.9 Å². The molecule has 2 aliphatic carbocycles. The van der Waals surface area contributed by atoms with Crippen molar-refractivity contribution in [1.29, 1.82) is 0 Å². The Labute approximate surface area is 274 Å². The topological polar surface area (TPSA) is 9.23 Å². The molecule has 0 aromatic heterocycles. The van der Waals surface area contributed by atoms with Gasteiger partial charge in [0.15, 0.2) is 81.4 Å². The van der Waals surface area contributed by atoms with E-state index >= 15 is 26.3 Å². The molecule has 0 atom stereocenters. The fourth-order valence-electron chi connectivity index (χ4n) is 5.77. The minimum atomic E-state index is -5.70. The van der Waals surface area contributed by atoms with Crippen molar-refractivity contribution < 1.29 is 101 Å². The maximum atomic E-state index is 15.3. The summed E-state index contributed by atoms with van der Waals surface area (Å²) in [6.07, 6.45) is 0. The van der Waals surface area contributed by atoms with E-state index in [1.54, 1.807) is 0 Å². The second-order valence-electron chi connectivity index (χ2n) is 10.6. The number of halogens is 22. The van der Waals surface area contributed by atoms with Gasteiger partial charge in [0.1, 0.15) is 0 Å². The van der Waals surface area contributed by atoms with E-state index in [1.807, 2.05) is 0 Å². The number of ether oxygens (including phenoxy) is 1. The third-order valence-corrected chi connectivity index (χ3v) is 7.90. The van der Waals surface area contributed by atoms with Gasteiger partial charge in [-0.3, -0.25) is 0 Å². The van der Waals surface area contributed by atoms with Gasteiger partial charge >= 0.3 is 23.9 Å². The number of hydrogen-bond donors (Lipinski definition) is 0. The summed E-state index contributed by atoms with van der Waals surface area (Å²) in [5.74, 6) is -61.7. The molecule has 0 unspecified atom stereocenters. The molecular formula is C30F22O. The van der Waals surface area contributed by atoms with Crippen LogP contribution in [0.15, 0.2) is 12.0 Å². The fraction of sp³-hybridized carbons (Fsp3) is 0.0667. The Morgan fingerprint density at radius 3 is 0.811 bits per heavy atom. The molecule has 53 heavy (non-hydrogen) atoms. The number of hydrogen-bond acceptors (Lipinski definition) is 1. The van der Waals surface area contributed by atoms with Crippen LogP contribution in [-0.2, 0) is 16.6 Å². The van der Waals surface area contributed by atoms with Gasteiger partial charge in [-0.1, -0.05) is 0 Å². The Kier molecular flexibility index (Phi) is 8.15. The van der Waals surface area contributed by atoms with Crippen molar-refractivity contribution in [3.63, 3.8) is 0 Å². The molecule has 0 saturated heterocycles. The van der Waals surface area contributed by atoms with Crippen molar-refractivity contribution in [2.45, 2.75) is 11.8 Å². The molecule has 0 aliphatic heterocycles. The predicted octanol–water partition coefficient (Wildman–Crippen LogP) is 11.7. The molecule has 4 aromatic carbocycles. The third kappa shape index (κ3) is 4.56. The number of rotatable bonds is 4. The highest BCUT2D eigenvalue weighted by molar-refractivity contribution is 5.87. The molecule has 280 valence electrons. The average Bonchev–Trinajstić information content (AvgIpc) is 3.49. The molecular weight excluding hydrogens is 794 g/mol. The first-order chi connectivity index (χ1) is 24.4. The van der Waals surface area contributed by atoms with Gasteiger partial charge in [-0.05, 0) is 0 Å². The lowest BCUT2D eigenvalue weighted by Gasteiger charge is -2.18. The summed E-state index contributed by atoms with van der Waals surface area (Å²) >= 11 is 0. The van der Waals surface area contributed by atoms with E-state index in [0.29, 0.717) is 0 Å². The molecule has 0 saturated carbocycles. The van der Waals surface area contributed by atoms with E-state index in [9.17, 15) is 70.2 Å². The Morgan fingerprint density at radius 1 is 0.302 bits per heavy atom. The fourth-order valence-corrected chi connectivity index (χ4v) is 5.77. The summed E-state index contributed by atoms with van der Waals surface area (Å²) in [7, 11) is 0. The lowest BCUT2D eigenvalue weighted by molar-refractivity contribution is 0.0414. The van der Waals surface area contributed by atoms with Crippen LogP contribution < -0.4 is 0 Å². The van der Waals surface area contributed by atoms with Gasteiger partial charge in [0.25, 0.3) is 0 Å². The normalized spacial score (nSPS) is 15.9. The minimum absolute atomic E-state index is 2.43. The van der Waals surface area contributed by atoms with Crippen molar-refractivity contribution in [1.82, 2.24) is 0 Å². The van der Waals surface area contributed by atoms with Crippen LogP contribution in [0, 0.1) is 81.4 Å². The summed E-state index contributed by atoms with van der Waals surface area (Å²) in [6, 6.07) is -7.41. The molecule has 0 N–H and O–H groups in total. The van der Waals surface area contributed by atoms with Crippen LogP contribution in [-0.4, -0.2) is 0 Å². The lowest BCUT2D eigenvalue weighted by atomic mass is 9.96. The van der Waals surface area contributed by atoms with Crippen LogP contribution >= 0.6 is 0 Å². The van der Waals surface area contributed by atoms with E-state index in [-0.39, 0.29) is 0 Å². The number of benzene rings is 4. The molecule has 0 heterocycles. The van der Waals surface area contributed by atoms with E-state index in [2.05, 4.69) is 4.74 Å².